The first-order chi connectivity index (χ1) is 18.0. The number of halogens is 6. The lowest BCUT2D eigenvalue weighted by atomic mass is 9.77. The Morgan fingerprint density at radius 3 is 2.26 bits per heavy atom. The van der Waals surface area contributed by atoms with E-state index in [-0.39, 0.29) is 32.9 Å². The number of benzene rings is 2. The number of carboxylic acids is 1. The molecule has 0 bridgehead atoms. The number of alkyl halides is 2. The van der Waals surface area contributed by atoms with Crippen molar-refractivity contribution in [3.05, 3.63) is 56.8 Å². The fourth-order valence-electron chi connectivity index (χ4n) is 5.20. The van der Waals surface area contributed by atoms with E-state index in [2.05, 4.69) is 5.32 Å². The van der Waals surface area contributed by atoms with Gasteiger partial charge in [-0.05, 0) is 41.3 Å². The summed E-state index contributed by atoms with van der Waals surface area (Å²) in [5.41, 5.74) is -1.21. The predicted octanol–water partition coefficient (Wildman–Crippen LogP) is 6.90. The lowest BCUT2D eigenvalue weighted by molar-refractivity contribution is -0.144. The molecule has 1 fully saturated rings. The quantitative estimate of drug-likeness (QED) is 0.396. The molecule has 0 spiro atoms. The Kier molecular flexibility index (Phi) is 7.79. The van der Waals surface area contributed by atoms with Crippen LogP contribution in [-0.4, -0.2) is 53.0 Å². The molecule has 13 heteroatoms. The van der Waals surface area contributed by atoms with E-state index in [0.717, 1.165) is 12.1 Å². The van der Waals surface area contributed by atoms with E-state index in [1.165, 1.54) is 23.1 Å². The Labute approximate surface area is 237 Å². The Hall–Kier alpha value is -2.69. The lowest BCUT2D eigenvalue weighted by Crippen LogP contribution is -2.54. The first-order valence-corrected chi connectivity index (χ1v) is 13.1. The monoisotopic (exact) mass is 605 g/mol. The molecular formula is C26H25Cl3F3N3O4. The topological polar surface area (TPSA) is 90.0 Å². The summed E-state index contributed by atoms with van der Waals surface area (Å²) < 4.78 is 44.6. The minimum Gasteiger partial charge on any atom is -0.481 e. The molecule has 2 N–H and O–H groups in total. The second kappa shape index (κ2) is 10.4. The van der Waals surface area contributed by atoms with Crippen LogP contribution < -0.4 is 10.2 Å². The number of carbonyl (C=O) groups excluding carboxylic acids is 2. The first kappa shape index (κ1) is 29.3. The van der Waals surface area contributed by atoms with Crippen molar-refractivity contribution >= 4 is 64.1 Å². The molecule has 2 aromatic rings. The van der Waals surface area contributed by atoms with Crippen LogP contribution in [0.1, 0.15) is 38.7 Å². The van der Waals surface area contributed by atoms with E-state index < -0.39 is 71.6 Å². The molecule has 3 amide bonds. The number of carbonyl (C=O) groups is 3. The molecule has 0 aliphatic carbocycles. The third kappa shape index (κ3) is 6.07. The van der Waals surface area contributed by atoms with E-state index >= 15 is 4.39 Å². The van der Waals surface area contributed by atoms with Crippen molar-refractivity contribution in [1.82, 2.24) is 4.90 Å². The lowest BCUT2D eigenvalue weighted by Gasteiger charge is -2.40. The number of nitrogens with one attached hydrogen (secondary N) is 1. The normalized spacial score (nSPS) is 22.3. The second-order valence-corrected chi connectivity index (χ2v) is 12.3. The molecule has 3 atom stereocenters. The Balaban J connectivity index is 1.99. The minimum atomic E-state index is -3.43. The number of amides is 3. The van der Waals surface area contributed by atoms with Crippen molar-refractivity contribution < 1.29 is 32.7 Å². The summed E-state index contributed by atoms with van der Waals surface area (Å²) in [5.74, 6) is -10.5. The SMILES string of the molecule is CC(C)(C)CN(C(=O)[C@H]1[C@@H](C(=O)O)c2cc(Cl)cc(F)c2NC(=O)N2CC(F)(F)C[C@@H]12)c1cc(Cl)cc(Cl)c1. The van der Waals surface area contributed by atoms with Gasteiger partial charge in [0, 0.05) is 33.7 Å². The number of hydrogen-bond acceptors (Lipinski definition) is 3. The summed E-state index contributed by atoms with van der Waals surface area (Å²) >= 11 is 18.4. The van der Waals surface area contributed by atoms with Gasteiger partial charge in [0.25, 0.3) is 5.92 Å². The van der Waals surface area contributed by atoms with Crippen LogP contribution in [-0.2, 0) is 9.59 Å². The van der Waals surface area contributed by atoms with Gasteiger partial charge in [0.05, 0.1) is 30.1 Å². The smallest absolute Gasteiger partial charge is 0.322 e. The minimum absolute atomic E-state index is 0.0113. The number of hydrogen-bond donors (Lipinski definition) is 2. The molecule has 2 aromatic carbocycles. The Morgan fingerprint density at radius 1 is 1.10 bits per heavy atom. The molecule has 210 valence electrons. The number of rotatable bonds is 4. The molecule has 0 saturated carbocycles. The van der Waals surface area contributed by atoms with Crippen molar-refractivity contribution in [2.24, 2.45) is 11.3 Å². The predicted molar refractivity (Wildman–Crippen MR) is 143 cm³/mol. The first-order valence-electron chi connectivity index (χ1n) is 11.9. The van der Waals surface area contributed by atoms with Gasteiger partial charge in [-0.3, -0.25) is 9.59 Å². The van der Waals surface area contributed by atoms with Crippen LogP contribution in [0, 0.1) is 17.2 Å². The van der Waals surface area contributed by atoms with Crippen molar-refractivity contribution in [2.45, 2.75) is 45.1 Å². The van der Waals surface area contributed by atoms with Crippen LogP contribution >= 0.6 is 34.8 Å². The van der Waals surface area contributed by atoms with Crippen molar-refractivity contribution in [3.63, 3.8) is 0 Å². The van der Waals surface area contributed by atoms with Gasteiger partial charge in [0.15, 0.2) is 0 Å². The van der Waals surface area contributed by atoms with Crippen LogP contribution in [0.5, 0.6) is 0 Å². The maximum absolute atomic E-state index is 15.0. The van der Waals surface area contributed by atoms with E-state index in [1.807, 2.05) is 20.8 Å². The highest BCUT2D eigenvalue weighted by atomic mass is 35.5. The number of urea groups is 1. The number of anilines is 2. The zero-order chi connectivity index (χ0) is 29.0. The fraction of sp³-hybridized carbons (Fsp3) is 0.423. The largest absolute Gasteiger partial charge is 0.481 e. The van der Waals surface area contributed by atoms with Crippen LogP contribution in [0.25, 0.3) is 0 Å². The van der Waals surface area contributed by atoms with Crippen LogP contribution in [0.2, 0.25) is 15.1 Å². The molecular weight excluding hydrogens is 582 g/mol. The van der Waals surface area contributed by atoms with Crippen LogP contribution in [0.3, 0.4) is 0 Å². The summed E-state index contributed by atoms with van der Waals surface area (Å²) in [7, 11) is 0. The maximum atomic E-state index is 15.0. The van der Waals surface area contributed by atoms with Gasteiger partial charge in [-0.1, -0.05) is 55.6 Å². The van der Waals surface area contributed by atoms with Gasteiger partial charge >= 0.3 is 12.0 Å². The van der Waals surface area contributed by atoms with Crippen LogP contribution in [0.15, 0.2) is 30.3 Å². The van der Waals surface area contributed by atoms with Gasteiger partial charge in [-0.25, -0.2) is 18.0 Å². The zero-order valence-electron chi connectivity index (χ0n) is 21.1. The second-order valence-electron chi connectivity index (χ2n) is 11.0. The molecule has 2 heterocycles. The summed E-state index contributed by atoms with van der Waals surface area (Å²) in [6.07, 6.45) is -0.974. The Bertz CT molecular complexity index is 1330. The van der Waals surface area contributed by atoms with Gasteiger partial charge in [0.2, 0.25) is 5.91 Å². The highest BCUT2D eigenvalue weighted by Crippen LogP contribution is 2.46. The standard InChI is InChI=1S/C26H25Cl3F3N3O4/c1-25(2,3)10-34(15-5-12(27)4-13(28)6-15)22(36)20-18-9-26(31,32)11-35(18)24(39)33-21-16(19(20)23(37)38)7-14(29)8-17(21)30/h4-8,18-20H,9-11H2,1-3H3,(H,33,39)(H,37,38)/t18-,19-,20+/m0/s1. The maximum Gasteiger partial charge on any atom is 0.322 e. The van der Waals surface area contributed by atoms with Crippen molar-refractivity contribution in [2.75, 3.05) is 23.3 Å². The third-order valence-corrected chi connectivity index (χ3v) is 7.26. The van der Waals surface area contributed by atoms with E-state index in [0.29, 0.717) is 4.90 Å². The number of nitrogens with zero attached hydrogens (tertiary/aromatic N) is 2. The third-order valence-electron chi connectivity index (χ3n) is 6.61. The molecule has 0 unspecified atom stereocenters. The van der Waals surface area contributed by atoms with Gasteiger partial charge in [0.1, 0.15) is 5.82 Å². The summed E-state index contributed by atoms with van der Waals surface area (Å²) in [6, 6.07) is 3.66. The van der Waals surface area contributed by atoms with Crippen molar-refractivity contribution in [3.8, 4) is 0 Å². The molecule has 2 aliphatic rings. The highest BCUT2D eigenvalue weighted by molar-refractivity contribution is 6.35. The zero-order valence-corrected chi connectivity index (χ0v) is 23.3. The summed E-state index contributed by atoms with van der Waals surface area (Å²) in [5, 5.41) is 12.8. The Morgan fingerprint density at radius 2 is 1.69 bits per heavy atom. The van der Waals surface area contributed by atoms with E-state index in [4.69, 9.17) is 34.8 Å². The average molecular weight is 607 g/mol. The van der Waals surface area contributed by atoms with E-state index in [9.17, 15) is 28.3 Å². The summed E-state index contributed by atoms with van der Waals surface area (Å²) in [4.78, 5) is 42.3. The van der Waals surface area contributed by atoms with Gasteiger partial charge in [-0.15, -0.1) is 0 Å². The van der Waals surface area contributed by atoms with Gasteiger partial charge < -0.3 is 20.2 Å². The average Bonchev–Trinajstić information content (AvgIpc) is 3.09. The number of carboxylic acid groups (broad SMARTS) is 1. The molecule has 4 rings (SSSR count). The highest BCUT2D eigenvalue weighted by Gasteiger charge is 2.57. The summed E-state index contributed by atoms with van der Waals surface area (Å²) in [6.45, 7) is 4.39. The van der Waals surface area contributed by atoms with Gasteiger partial charge in [-0.2, -0.15) is 0 Å². The van der Waals surface area contributed by atoms with E-state index in [1.54, 1.807) is 0 Å². The molecule has 0 radical (unpaired) electrons. The number of fused-ring (bicyclic) bond motifs is 2. The molecule has 7 nitrogen and oxygen atoms in total. The molecule has 0 aromatic heterocycles. The fourth-order valence-corrected chi connectivity index (χ4v) is 5.92. The van der Waals surface area contributed by atoms with Crippen molar-refractivity contribution in [1.29, 1.82) is 0 Å². The van der Waals surface area contributed by atoms with Crippen LogP contribution in [0.4, 0.5) is 29.3 Å². The molecule has 1 saturated heterocycles. The number of aliphatic carboxylic acids is 1. The molecule has 2 aliphatic heterocycles. The molecule has 39 heavy (non-hydrogen) atoms.